The van der Waals surface area contributed by atoms with E-state index < -0.39 is 15.8 Å². The molecule has 0 unspecified atom stereocenters. The van der Waals surface area contributed by atoms with E-state index >= 15 is 0 Å². The highest BCUT2D eigenvalue weighted by Crippen LogP contribution is 2.41. The van der Waals surface area contributed by atoms with Crippen molar-refractivity contribution >= 4 is 10.0 Å². The Morgan fingerprint density at radius 3 is 2.57 bits per heavy atom. The summed E-state index contributed by atoms with van der Waals surface area (Å²) in [5, 5.41) is 0. The van der Waals surface area contributed by atoms with Crippen molar-refractivity contribution in [1.29, 1.82) is 0 Å². The lowest BCUT2D eigenvalue weighted by atomic mass is 9.94. The highest BCUT2D eigenvalue weighted by molar-refractivity contribution is 7.89. The summed E-state index contributed by atoms with van der Waals surface area (Å²) in [5.74, 6) is -0.509. The first-order valence-electron chi connectivity index (χ1n) is 10.2. The zero-order valence-corrected chi connectivity index (χ0v) is 17.3. The van der Waals surface area contributed by atoms with Gasteiger partial charge in [0.15, 0.2) is 5.79 Å². The van der Waals surface area contributed by atoms with Gasteiger partial charge in [-0.1, -0.05) is 42.8 Å². The minimum atomic E-state index is -3.64. The van der Waals surface area contributed by atoms with E-state index in [4.69, 9.17) is 9.47 Å². The second kappa shape index (κ2) is 7.75. The lowest BCUT2D eigenvalue weighted by Gasteiger charge is -2.38. The second-order valence-corrected chi connectivity index (χ2v) is 9.98. The molecule has 5 nitrogen and oxygen atoms in total. The predicted molar refractivity (Wildman–Crippen MR) is 108 cm³/mol. The molecule has 0 N–H and O–H groups in total. The summed E-state index contributed by atoms with van der Waals surface area (Å²) in [6, 6.07) is 6.77. The summed E-state index contributed by atoms with van der Waals surface area (Å²) in [6.07, 6.45) is 9.38. The van der Waals surface area contributed by atoms with Crippen LogP contribution >= 0.6 is 0 Å². The maximum absolute atomic E-state index is 13.5. The number of aryl methyl sites for hydroxylation is 1. The average Bonchev–Trinajstić information content (AvgIpc) is 3.11. The van der Waals surface area contributed by atoms with Crippen molar-refractivity contribution in [2.45, 2.75) is 68.3 Å². The topological polar surface area (TPSA) is 55.8 Å². The number of hydrogen-bond donors (Lipinski definition) is 0. The molecule has 2 fully saturated rings. The molecule has 2 aliphatic heterocycles. The lowest BCUT2D eigenvalue weighted by molar-refractivity contribution is -0.191. The lowest BCUT2D eigenvalue weighted by Crippen LogP contribution is -2.50. The van der Waals surface area contributed by atoms with Crippen molar-refractivity contribution < 1.29 is 17.9 Å². The average molecular weight is 404 g/mol. The summed E-state index contributed by atoms with van der Waals surface area (Å²) in [4.78, 5) is 0.319. The molecule has 4 rings (SSSR count). The molecule has 1 spiro atoms. The number of benzene rings is 1. The van der Waals surface area contributed by atoms with Crippen LogP contribution in [-0.4, -0.2) is 43.8 Å². The highest BCUT2D eigenvalue weighted by Gasteiger charge is 2.48. The number of rotatable bonds is 4. The first-order valence-corrected chi connectivity index (χ1v) is 11.6. The van der Waals surface area contributed by atoms with Crippen LogP contribution in [0.5, 0.6) is 0 Å². The van der Waals surface area contributed by atoms with Crippen LogP contribution in [0, 0.1) is 6.92 Å². The van der Waals surface area contributed by atoms with Crippen molar-refractivity contribution in [2.24, 2.45) is 0 Å². The number of hydrogen-bond acceptors (Lipinski definition) is 4. The van der Waals surface area contributed by atoms with Gasteiger partial charge in [0, 0.05) is 19.4 Å². The summed E-state index contributed by atoms with van der Waals surface area (Å²) < 4.78 is 41.0. The predicted octanol–water partition coefficient (Wildman–Crippen LogP) is 3.95. The van der Waals surface area contributed by atoms with Gasteiger partial charge in [-0.15, -0.1) is 0 Å². The van der Waals surface area contributed by atoms with Crippen LogP contribution in [-0.2, 0) is 19.5 Å². The minimum absolute atomic E-state index is 0.249. The fraction of sp³-hybridized carbons (Fsp3) is 0.545. The molecule has 152 valence electrons. The molecule has 0 radical (unpaired) electrons. The standard InChI is InChI=1S/C22H29NO4S/c1-3-18-9-12-20(21-16-26-22(27-21)13-5-4-6-14-22)23(15-18)28(24,25)19-10-7-17(2)8-11-19/h3,7-11,20-21H,1,4-6,12-16H2,2H3/t20-,21-/m1/s1. The monoisotopic (exact) mass is 403 g/mol. The van der Waals surface area contributed by atoms with Gasteiger partial charge in [0.2, 0.25) is 10.0 Å². The van der Waals surface area contributed by atoms with Gasteiger partial charge in [-0.2, -0.15) is 4.31 Å². The zero-order chi connectivity index (χ0) is 19.8. The Kier molecular flexibility index (Phi) is 5.49. The summed E-state index contributed by atoms with van der Waals surface area (Å²) in [5.41, 5.74) is 1.96. The van der Waals surface area contributed by atoms with Crippen molar-refractivity contribution in [3.63, 3.8) is 0 Å². The third-order valence-electron chi connectivity index (χ3n) is 6.14. The van der Waals surface area contributed by atoms with Crippen LogP contribution in [0.25, 0.3) is 0 Å². The van der Waals surface area contributed by atoms with Gasteiger partial charge >= 0.3 is 0 Å². The number of ether oxygens (including phenoxy) is 2. The molecule has 1 saturated heterocycles. The van der Waals surface area contributed by atoms with Crippen LogP contribution in [0.3, 0.4) is 0 Å². The Bertz CT molecular complexity index is 853. The fourth-order valence-electron chi connectivity index (χ4n) is 4.47. The zero-order valence-electron chi connectivity index (χ0n) is 16.5. The van der Waals surface area contributed by atoms with E-state index in [1.54, 1.807) is 22.5 Å². The maximum Gasteiger partial charge on any atom is 0.243 e. The van der Waals surface area contributed by atoms with Gasteiger partial charge in [0.25, 0.3) is 0 Å². The molecule has 2 heterocycles. The molecule has 6 heteroatoms. The molecule has 0 amide bonds. The first-order chi connectivity index (χ1) is 13.4. The summed E-state index contributed by atoms with van der Waals surface area (Å²) in [6.45, 7) is 6.54. The molecule has 28 heavy (non-hydrogen) atoms. The van der Waals surface area contributed by atoms with Gasteiger partial charge < -0.3 is 9.47 Å². The van der Waals surface area contributed by atoms with Crippen molar-refractivity contribution in [2.75, 3.05) is 13.2 Å². The molecular formula is C22H29NO4S. The minimum Gasteiger partial charge on any atom is -0.347 e. The van der Waals surface area contributed by atoms with E-state index in [-0.39, 0.29) is 12.1 Å². The van der Waals surface area contributed by atoms with Crippen molar-refractivity contribution in [1.82, 2.24) is 4.31 Å². The fourth-order valence-corrected chi connectivity index (χ4v) is 6.11. The van der Waals surface area contributed by atoms with E-state index in [1.165, 1.54) is 6.42 Å². The number of sulfonamides is 1. The Hall–Kier alpha value is -1.47. The van der Waals surface area contributed by atoms with Gasteiger partial charge in [-0.05, 0) is 43.9 Å². The molecular weight excluding hydrogens is 374 g/mol. The summed E-state index contributed by atoms with van der Waals surface area (Å²) >= 11 is 0. The van der Waals surface area contributed by atoms with Crippen LogP contribution in [0.4, 0.5) is 0 Å². The van der Waals surface area contributed by atoms with Crippen LogP contribution < -0.4 is 0 Å². The van der Waals surface area contributed by atoms with E-state index in [0.717, 1.165) is 36.8 Å². The molecule has 1 aromatic carbocycles. The molecule has 3 aliphatic rings. The Morgan fingerprint density at radius 2 is 1.89 bits per heavy atom. The SMILES string of the molecule is C=CC1=CC[C@H]([C@H]2COC3(CCCCC3)O2)N(S(=O)(=O)c2ccc(C)cc2)C1. The van der Waals surface area contributed by atoms with Gasteiger partial charge in [-0.25, -0.2) is 8.42 Å². The van der Waals surface area contributed by atoms with E-state index in [9.17, 15) is 8.42 Å². The Labute approximate surface area is 168 Å². The Balaban J connectivity index is 1.62. The van der Waals surface area contributed by atoms with Gasteiger partial charge in [0.1, 0.15) is 6.10 Å². The maximum atomic E-state index is 13.5. The van der Waals surface area contributed by atoms with Gasteiger partial charge in [0.05, 0.1) is 17.5 Å². The second-order valence-electron chi connectivity index (χ2n) is 8.09. The van der Waals surface area contributed by atoms with Crippen molar-refractivity contribution in [3.8, 4) is 0 Å². The van der Waals surface area contributed by atoms with E-state index in [2.05, 4.69) is 12.7 Å². The van der Waals surface area contributed by atoms with Crippen LogP contribution in [0.2, 0.25) is 0 Å². The normalized spacial score (nSPS) is 28.2. The molecule has 1 saturated carbocycles. The van der Waals surface area contributed by atoms with E-state index in [0.29, 0.717) is 24.5 Å². The smallest absolute Gasteiger partial charge is 0.243 e. The highest BCUT2D eigenvalue weighted by atomic mass is 32.2. The van der Waals surface area contributed by atoms with Gasteiger partial charge in [-0.3, -0.25) is 0 Å². The molecule has 2 atom stereocenters. The quantitative estimate of drug-likeness (QED) is 0.764. The Morgan fingerprint density at radius 1 is 1.18 bits per heavy atom. The molecule has 1 aliphatic carbocycles. The molecule has 0 aromatic heterocycles. The molecule has 0 bridgehead atoms. The molecule has 1 aromatic rings. The third kappa shape index (κ3) is 3.71. The third-order valence-corrected chi connectivity index (χ3v) is 8.03. The van der Waals surface area contributed by atoms with Crippen LogP contribution in [0.15, 0.2) is 53.5 Å². The van der Waals surface area contributed by atoms with Crippen LogP contribution in [0.1, 0.15) is 44.1 Å². The first kappa shape index (κ1) is 19.8. The van der Waals surface area contributed by atoms with E-state index in [1.807, 2.05) is 19.1 Å². The van der Waals surface area contributed by atoms with Crippen molar-refractivity contribution in [3.05, 3.63) is 54.1 Å². The largest absolute Gasteiger partial charge is 0.347 e. The summed E-state index contributed by atoms with van der Waals surface area (Å²) in [7, 11) is -3.64. The number of nitrogens with zero attached hydrogens (tertiary/aromatic N) is 1.